The molecule has 36 heavy (non-hydrogen) atoms. The molecule has 0 spiro atoms. The fourth-order valence-electron chi connectivity index (χ4n) is 3.68. The minimum Gasteiger partial charge on any atom is -0.456 e. The van der Waals surface area contributed by atoms with Crippen molar-refractivity contribution in [1.82, 2.24) is 10.3 Å². The number of Topliss-reactive ketones (excluding diaryl/α,β-unsaturated/α-hetero) is 1. The van der Waals surface area contributed by atoms with E-state index in [1.54, 1.807) is 24.4 Å². The second-order valence-corrected chi connectivity index (χ2v) is 8.31. The maximum atomic E-state index is 13.0. The summed E-state index contributed by atoms with van der Waals surface area (Å²) in [5.41, 5.74) is 1.82. The van der Waals surface area contributed by atoms with Crippen LogP contribution < -0.4 is 5.32 Å². The monoisotopic (exact) mass is 505 g/mol. The van der Waals surface area contributed by atoms with E-state index in [-0.39, 0.29) is 28.3 Å². The number of nitro groups is 1. The number of esters is 1. The number of fused-ring (bicyclic) bond motifs is 1. The first-order chi connectivity index (χ1) is 17.3. The van der Waals surface area contributed by atoms with E-state index in [2.05, 4.69) is 10.3 Å². The van der Waals surface area contributed by atoms with Crippen LogP contribution in [0.25, 0.3) is 10.9 Å². The van der Waals surface area contributed by atoms with Crippen molar-refractivity contribution in [3.8, 4) is 0 Å². The number of nitrogens with zero attached hydrogens (tertiary/aromatic N) is 1. The van der Waals surface area contributed by atoms with Crippen molar-refractivity contribution >= 4 is 45.9 Å². The van der Waals surface area contributed by atoms with E-state index >= 15 is 0 Å². The van der Waals surface area contributed by atoms with E-state index in [9.17, 15) is 24.5 Å². The van der Waals surface area contributed by atoms with Crippen LogP contribution in [0.3, 0.4) is 0 Å². The van der Waals surface area contributed by atoms with Gasteiger partial charge in [0, 0.05) is 41.2 Å². The number of hydrogen-bond acceptors (Lipinski definition) is 6. The van der Waals surface area contributed by atoms with Gasteiger partial charge in [-0.2, -0.15) is 0 Å². The molecule has 4 rings (SSSR count). The van der Waals surface area contributed by atoms with Crippen LogP contribution in [0.15, 0.2) is 79.0 Å². The van der Waals surface area contributed by atoms with Gasteiger partial charge in [-0.1, -0.05) is 41.9 Å². The largest absolute Gasteiger partial charge is 0.456 e. The number of aromatic nitrogens is 1. The van der Waals surface area contributed by atoms with Crippen LogP contribution in [0, 0.1) is 10.1 Å². The van der Waals surface area contributed by atoms with Gasteiger partial charge in [0.2, 0.25) is 0 Å². The Kier molecular flexibility index (Phi) is 7.41. The number of hydrogen-bond donors (Lipinski definition) is 2. The SMILES string of the molecule is O=C(COC(=O)C(Cc1c[nH]c2ccccc12)NC(=O)c1ccccc1Cl)c1ccc([N+](=O)[O-])cc1. The summed E-state index contributed by atoms with van der Waals surface area (Å²) in [4.78, 5) is 51.7. The van der Waals surface area contributed by atoms with Gasteiger partial charge >= 0.3 is 5.97 Å². The van der Waals surface area contributed by atoms with Gasteiger partial charge in [0.15, 0.2) is 12.4 Å². The molecular formula is C26H20ClN3O6. The van der Waals surface area contributed by atoms with E-state index in [0.29, 0.717) is 0 Å². The predicted octanol–water partition coefficient (Wildman–Crippen LogP) is 4.50. The highest BCUT2D eigenvalue weighted by molar-refractivity contribution is 6.33. The molecule has 10 heteroatoms. The van der Waals surface area contributed by atoms with Gasteiger partial charge in [-0.25, -0.2) is 4.79 Å². The summed E-state index contributed by atoms with van der Waals surface area (Å²) in [6.45, 7) is -0.594. The van der Waals surface area contributed by atoms with Gasteiger partial charge in [0.1, 0.15) is 6.04 Å². The average molecular weight is 506 g/mol. The first-order valence-corrected chi connectivity index (χ1v) is 11.3. The number of nitrogens with one attached hydrogen (secondary N) is 2. The van der Waals surface area contributed by atoms with Crippen molar-refractivity contribution in [2.45, 2.75) is 12.5 Å². The molecule has 3 aromatic carbocycles. The number of rotatable bonds is 9. The van der Waals surface area contributed by atoms with Gasteiger partial charge < -0.3 is 15.0 Å². The van der Waals surface area contributed by atoms with Crippen LogP contribution in [-0.4, -0.2) is 40.2 Å². The molecule has 1 heterocycles. The fourth-order valence-corrected chi connectivity index (χ4v) is 3.91. The third-order valence-electron chi connectivity index (χ3n) is 5.55. The van der Waals surface area contributed by atoms with Crippen molar-refractivity contribution in [2.75, 3.05) is 6.61 Å². The summed E-state index contributed by atoms with van der Waals surface area (Å²) in [5, 5.41) is 14.6. The average Bonchev–Trinajstić information content (AvgIpc) is 3.29. The Morgan fingerprint density at radius 1 is 1.00 bits per heavy atom. The molecule has 0 saturated heterocycles. The second-order valence-electron chi connectivity index (χ2n) is 7.90. The minimum atomic E-state index is -1.11. The smallest absolute Gasteiger partial charge is 0.329 e. The third-order valence-corrected chi connectivity index (χ3v) is 5.88. The number of ketones is 1. The highest BCUT2D eigenvalue weighted by Gasteiger charge is 2.26. The zero-order valence-corrected chi connectivity index (χ0v) is 19.5. The van der Waals surface area contributed by atoms with Crippen LogP contribution in [0.2, 0.25) is 5.02 Å². The Balaban J connectivity index is 1.51. The van der Waals surface area contributed by atoms with E-state index < -0.39 is 35.2 Å². The fraction of sp³-hybridized carbons (Fsp3) is 0.115. The highest BCUT2D eigenvalue weighted by atomic mass is 35.5. The first-order valence-electron chi connectivity index (χ1n) is 10.9. The lowest BCUT2D eigenvalue weighted by molar-refractivity contribution is -0.384. The lowest BCUT2D eigenvalue weighted by Gasteiger charge is -2.18. The molecule has 0 saturated carbocycles. The Morgan fingerprint density at radius 2 is 1.69 bits per heavy atom. The molecule has 0 aliphatic heterocycles. The number of halogens is 1. The Hall–Kier alpha value is -4.50. The van der Waals surface area contributed by atoms with Crippen molar-refractivity contribution in [3.63, 3.8) is 0 Å². The van der Waals surface area contributed by atoms with Gasteiger partial charge in [-0.3, -0.25) is 19.7 Å². The summed E-state index contributed by atoms with van der Waals surface area (Å²) < 4.78 is 5.25. The quantitative estimate of drug-likeness (QED) is 0.149. The van der Waals surface area contributed by atoms with Crippen LogP contribution >= 0.6 is 11.6 Å². The van der Waals surface area contributed by atoms with Crippen LogP contribution in [-0.2, 0) is 16.0 Å². The number of ether oxygens (including phenoxy) is 1. The summed E-state index contributed by atoms with van der Waals surface area (Å²) in [5.74, 6) is -1.92. The lowest BCUT2D eigenvalue weighted by atomic mass is 10.0. The van der Waals surface area contributed by atoms with Crippen molar-refractivity contribution < 1.29 is 24.0 Å². The molecule has 0 fully saturated rings. The van der Waals surface area contributed by atoms with Gasteiger partial charge in [0.05, 0.1) is 15.5 Å². The molecule has 0 aliphatic carbocycles. The number of carbonyl (C=O) groups is 3. The minimum absolute atomic E-state index is 0.102. The molecule has 4 aromatic rings. The Labute approximate surface area is 210 Å². The predicted molar refractivity (Wildman–Crippen MR) is 133 cm³/mol. The number of nitro benzene ring substituents is 1. The van der Waals surface area contributed by atoms with Gasteiger partial charge in [-0.15, -0.1) is 0 Å². The topological polar surface area (TPSA) is 131 Å². The molecule has 0 radical (unpaired) electrons. The molecule has 182 valence electrons. The highest BCUT2D eigenvalue weighted by Crippen LogP contribution is 2.21. The summed E-state index contributed by atoms with van der Waals surface area (Å²) in [7, 11) is 0. The Bertz CT molecular complexity index is 1450. The standard InChI is InChI=1S/C26H20ClN3O6/c27-21-7-3-1-6-20(21)25(32)29-23(13-17-14-28-22-8-4-2-5-19(17)22)26(33)36-15-24(31)16-9-11-18(12-10-16)30(34)35/h1-12,14,23,28H,13,15H2,(H,29,32). The molecule has 1 amide bonds. The maximum absolute atomic E-state index is 13.0. The van der Waals surface area contributed by atoms with Crippen LogP contribution in [0.5, 0.6) is 0 Å². The zero-order valence-electron chi connectivity index (χ0n) is 18.8. The summed E-state index contributed by atoms with van der Waals surface area (Å²) in [6, 6.07) is 17.8. The van der Waals surface area contributed by atoms with E-state index in [1.807, 2.05) is 24.3 Å². The van der Waals surface area contributed by atoms with Crippen LogP contribution in [0.4, 0.5) is 5.69 Å². The summed E-state index contributed by atoms with van der Waals surface area (Å²) >= 11 is 6.14. The lowest BCUT2D eigenvalue weighted by Crippen LogP contribution is -2.44. The number of benzene rings is 3. The molecule has 1 unspecified atom stereocenters. The molecular weight excluding hydrogens is 486 g/mol. The van der Waals surface area contributed by atoms with Gasteiger partial charge in [-0.05, 0) is 35.9 Å². The van der Waals surface area contributed by atoms with Gasteiger partial charge in [0.25, 0.3) is 11.6 Å². The first kappa shape index (κ1) is 24.6. The molecule has 0 aliphatic rings. The molecule has 2 N–H and O–H groups in total. The van der Waals surface area contributed by atoms with Crippen molar-refractivity contribution in [3.05, 3.63) is 111 Å². The zero-order chi connectivity index (χ0) is 25.7. The van der Waals surface area contributed by atoms with Crippen LogP contribution in [0.1, 0.15) is 26.3 Å². The van der Waals surface area contributed by atoms with Crippen molar-refractivity contribution in [2.24, 2.45) is 0 Å². The molecule has 1 aromatic heterocycles. The number of non-ortho nitro benzene ring substituents is 1. The maximum Gasteiger partial charge on any atom is 0.329 e. The number of para-hydroxylation sites is 1. The third kappa shape index (κ3) is 5.59. The number of amides is 1. The van der Waals surface area contributed by atoms with E-state index in [4.69, 9.17) is 16.3 Å². The number of H-pyrrole nitrogens is 1. The van der Waals surface area contributed by atoms with Crippen molar-refractivity contribution in [1.29, 1.82) is 0 Å². The van der Waals surface area contributed by atoms with E-state index in [1.165, 1.54) is 30.3 Å². The second kappa shape index (κ2) is 10.8. The number of carbonyl (C=O) groups excluding carboxylic acids is 3. The summed E-state index contributed by atoms with van der Waals surface area (Å²) in [6.07, 6.45) is 1.85. The number of aromatic amines is 1. The normalized spacial score (nSPS) is 11.6. The molecule has 0 bridgehead atoms. The molecule has 9 nitrogen and oxygen atoms in total. The Morgan fingerprint density at radius 3 is 2.42 bits per heavy atom. The van der Waals surface area contributed by atoms with E-state index in [0.717, 1.165) is 16.5 Å². The molecule has 1 atom stereocenters.